The van der Waals surface area contributed by atoms with Gasteiger partial charge in [-0.1, -0.05) is 0 Å². The van der Waals surface area contributed by atoms with Crippen LogP contribution in [0.25, 0.3) is 0 Å². The van der Waals surface area contributed by atoms with Gasteiger partial charge in [0.1, 0.15) is 18.2 Å². The summed E-state index contributed by atoms with van der Waals surface area (Å²) >= 11 is 0. The SMILES string of the molecule is CNc1cc(NCCNC(=O)N(C)C)nc(COC)n1. The van der Waals surface area contributed by atoms with Crippen LogP contribution in [0.3, 0.4) is 0 Å². The van der Waals surface area contributed by atoms with Gasteiger partial charge < -0.3 is 25.6 Å². The van der Waals surface area contributed by atoms with Crippen LogP contribution in [0.5, 0.6) is 0 Å². The lowest BCUT2D eigenvalue weighted by Gasteiger charge is -2.13. The number of carbonyl (C=O) groups is 1. The minimum atomic E-state index is -0.120. The first-order valence-corrected chi connectivity index (χ1v) is 6.30. The van der Waals surface area contributed by atoms with Gasteiger partial charge >= 0.3 is 6.03 Å². The van der Waals surface area contributed by atoms with E-state index >= 15 is 0 Å². The van der Waals surface area contributed by atoms with E-state index in [1.54, 1.807) is 34.3 Å². The summed E-state index contributed by atoms with van der Waals surface area (Å²) in [5, 5.41) is 8.86. The van der Waals surface area contributed by atoms with Crippen molar-refractivity contribution in [3.63, 3.8) is 0 Å². The molecule has 0 fully saturated rings. The zero-order valence-corrected chi connectivity index (χ0v) is 12.4. The normalized spacial score (nSPS) is 10.0. The van der Waals surface area contributed by atoms with Gasteiger partial charge in [0.25, 0.3) is 0 Å². The number of aromatic nitrogens is 2. The average molecular weight is 282 g/mol. The zero-order valence-electron chi connectivity index (χ0n) is 12.4. The minimum Gasteiger partial charge on any atom is -0.377 e. The molecule has 0 spiro atoms. The van der Waals surface area contributed by atoms with Gasteiger partial charge in [0.05, 0.1) is 0 Å². The van der Waals surface area contributed by atoms with E-state index in [1.165, 1.54) is 4.90 Å². The molecule has 1 aromatic heterocycles. The molecule has 3 N–H and O–H groups in total. The van der Waals surface area contributed by atoms with Gasteiger partial charge in [-0.05, 0) is 0 Å². The maximum absolute atomic E-state index is 11.3. The number of amides is 2. The van der Waals surface area contributed by atoms with E-state index in [9.17, 15) is 4.79 Å². The van der Waals surface area contributed by atoms with Crippen LogP contribution >= 0.6 is 0 Å². The van der Waals surface area contributed by atoms with E-state index in [1.807, 2.05) is 0 Å². The minimum absolute atomic E-state index is 0.120. The fraction of sp³-hybridized carbons (Fsp3) is 0.583. The highest BCUT2D eigenvalue weighted by molar-refractivity contribution is 5.73. The van der Waals surface area contributed by atoms with E-state index in [0.29, 0.717) is 37.2 Å². The van der Waals surface area contributed by atoms with Gasteiger partial charge in [-0.2, -0.15) is 0 Å². The Hall–Kier alpha value is -2.09. The summed E-state index contributed by atoms with van der Waals surface area (Å²) in [6.45, 7) is 1.43. The van der Waals surface area contributed by atoms with Crippen molar-refractivity contribution in [2.75, 3.05) is 52.0 Å². The Morgan fingerprint density at radius 2 is 2.00 bits per heavy atom. The highest BCUT2D eigenvalue weighted by atomic mass is 16.5. The van der Waals surface area contributed by atoms with Crippen molar-refractivity contribution in [1.82, 2.24) is 20.2 Å². The van der Waals surface area contributed by atoms with Crippen molar-refractivity contribution in [3.05, 3.63) is 11.9 Å². The van der Waals surface area contributed by atoms with E-state index < -0.39 is 0 Å². The van der Waals surface area contributed by atoms with Crippen LogP contribution in [-0.4, -0.2) is 62.2 Å². The summed E-state index contributed by atoms with van der Waals surface area (Å²) in [5.74, 6) is 2.00. The number of hydrogen-bond donors (Lipinski definition) is 3. The molecule has 8 heteroatoms. The Morgan fingerprint density at radius 3 is 2.60 bits per heavy atom. The summed E-state index contributed by atoms with van der Waals surface area (Å²) in [6.07, 6.45) is 0. The molecule has 0 atom stereocenters. The molecular formula is C12H22N6O2. The third-order valence-corrected chi connectivity index (χ3v) is 2.42. The van der Waals surface area contributed by atoms with Crippen LogP contribution in [0.2, 0.25) is 0 Å². The van der Waals surface area contributed by atoms with Crippen LogP contribution in [0, 0.1) is 0 Å². The molecule has 1 rings (SSSR count). The van der Waals surface area contributed by atoms with Crippen LogP contribution in [0.4, 0.5) is 16.4 Å². The lowest BCUT2D eigenvalue weighted by molar-refractivity contribution is 0.178. The molecule has 0 aromatic carbocycles. The predicted molar refractivity (Wildman–Crippen MR) is 77.9 cm³/mol. The molecule has 112 valence electrons. The second kappa shape index (κ2) is 8.16. The van der Waals surface area contributed by atoms with E-state index in [4.69, 9.17) is 4.74 Å². The molecule has 0 aliphatic carbocycles. The second-order valence-electron chi connectivity index (χ2n) is 4.29. The summed E-state index contributed by atoms with van der Waals surface area (Å²) < 4.78 is 5.02. The molecule has 0 aliphatic rings. The fourth-order valence-electron chi connectivity index (χ4n) is 1.43. The van der Waals surface area contributed by atoms with Gasteiger partial charge in [0.2, 0.25) is 0 Å². The summed E-state index contributed by atoms with van der Waals surface area (Å²) in [6, 6.07) is 1.68. The number of methoxy groups -OCH3 is 1. The van der Waals surface area contributed by atoms with E-state index in [0.717, 1.165) is 0 Å². The van der Waals surface area contributed by atoms with E-state index in [-0.39, 0.29) is 6.03 Å². The number of anilines is 2. The molecule has 0 unspecified atom stereocenters. The Morgan fingerprint density at radius 1 is 1.30 bits per heavy atom. The molecule has 0 saturated carbocycles. The molecule has 0 aliphatic heterocycles. The zero-order chi connectivity index (χ0) is 15.0. The number of urea groups is 1. The molecular weight excluding hydrogens is 260 g/mol. The van der Waals surface area contributed by atoms with Gasteiger partial charge in [-0.3, -0.25) is 0 Å². The molecule has 1 aromatic rings. The van der Waals surface area contributed by atoms with E-state index in [2.05, 4.69) is 25.9 Å². The molecule has 0 bridgehead atoms. The fourth-order valence-corrected chi connectivity index (χ4v) is 1.43. The summed E-state index contributed by atoms with van der Waals surface area (Å²) in [7, 11) is 6.78. The molecule has 2 amide bonds. The highest BCUT2D eigenvalue weighted by Crippen LogP contribution is 2.10. The average Bonchev–Trinajstić information content (AvgIpc) is 2.43. The number of rotatable bonds is 7. The van der Waals surface area contributed by atoms with Crippen LogP contribution in [0.15, 0.2) is 6.07 Å². The number of ether oxygens (including phenoxy) is 1. The molecule has 1 heterocycles. The third-order valence-electron chi connectivity index (χ3n) is 2.42. The van der Waals surface area contributed by atoms with Crippen molar-refractivity contribution < 1.29 is 9.53 Å². The predicted octanol–water partition coefficient (Wildman–Crippen LogP) is 0.348. The lowest BCUT2D eigenvalue weighted by atomic mass is 10.4. The maximum atomic E-state index is 11.3. The van der Waals surface area contributed by atoms with Gasteiger partial charge in [0, 0.05) is 47.4 Å². The Bertz CT molecular complexity index is 438. The molecule has 0 saturated heterocycles. The topological polar surface area (TPSA) is 91.4 Å². The summed E-state index contributed by atoms with van der Waals surface area (Å²) in [4.78, 5) is 21.4. The first-order chi connectivity index (χ1) is 9.56. The van der Waals surface area contributed by atoms with Crippen molar-refractivity contribution in [2.45, 2.75) is 6.61 Å². The largest absolute Gasteiger partial charge is 0.377 e. The van der Waals surface area contributed by atoms with Crippen molar-refractivity contribution in [1.29, 1.82) is 0 Å². The maximum Gasteiger partial charge on any atom is 0.316 e. The van der Waals surface area contributed by atoms with Gasteiger partial charge in [-0.25, -0.2) is 14.8 Å². The molecule has 0 radical (unpaired) electrons. The first kappa shape index (κ1) is 16.0. The highest BCUT2D eigenvalue weighted by Gasteiger charge is 2.04. The molecule has 8 nitrogen and oxygen atoms in total. The second-order valence-corrected chi connectivity index (χ2v) is 4.29. The number of nitrogens with zero attached hydrogens (tertiary/aromatic N) is 3. The Balaban J connectivity index is 2.50. The van der Waals surface area contributed by atoms with Crippen molar-refractivity contribution in [3.8, 4) is 0 Å². The van der Waals surface area contributed by atoms with Gasteiger partial charge in [-0.15, -0.1) is 0 Å². The number of carbonyl (C=O) groups excluding carboxylic acids is 1. The smallest absolute Gasteiger partial charge is 0.316 e. The van der Waals surface area contributed by atoms with Crippen LogP contribution in [0.1, 0.15) is 5.82 Å². The standard InChI is InChI=1S/C12H22N6O2/c1-13-9-7-10(17-11(16-9)8-20-4)14-5-6-15-12(19)18(2)3/h7H,5-6,8H2,1-4H3,(H,15,19)(H2,13,14,16,17). The Kier molecular flexibility index (Phi) is 6.51. The number of hydrogen-bond acceptors (Lipinski definition) is 6. The van der Waals surface area contributed by atoms with Crippen LogP contribution < -0.4 is 16.0 Å². The Labute approximate surface area is 118 Å². The van der Waals surface area contributed by atoms with Crippen molar-refractivity contribution >= 4 is 17.7 Å². The number of nitrogens with one attached hydrogen (secondary N) is 3. The quantitative estimate of drug-likeness (QED) is 0.625. The monoisotopic (exact) mass is 282 g/mol. The van der Waals surface area contributed by atoms with Gasteiger partial charge in [0.15, 0.2) is 5.82 Å². The van der Waals surface area contributed by atoms with Crippen molar-refractivity contribution in [2.24, 2.45) is 0 Å². The lowest BCUT2D eigenvalue weighted by Crippen LogP contribution is -2.37. The third kappa shape index (κ3) is 5.27. The summed E-state index contributed by atoms with van der Waals surface area (Å²) in [5.41, 5.74) is 0. The van der Waals surface area contributed by atoms with Crippen LogP contribution in [-0.2, 0) is 11.3 Å². The molecule has 20 heavy (non-hydrogen) atoms. The first-order valence-electron chi connectivity index (χ1n) is 6.30.